The van der Waals surface area contributed by atoms with Crippen LogP contribution in [0.15, 0.2) is 53.4 Å². The summed E-state index contributed by atoms with van der Waals surface area (Å²) in [5, 5.41) is 12.4. The molecule has 0 aliphatic rings. The number of nitro groups is 1. The van der Waals surface area contributed by atoms with E-state index in [2.05, 4.69) is 5.32 Å². The van der Waals surface area contributed by atoms with Gasteiger partial charge in [-0.15, -0.1) is 0 Å². The number of nitro benzene ring substituents is 1. The number of halogens is 1. The van der Waals surface area contributed by atoms with Gasteiger partial charge in [-0.3, -0.25) is 14.9 Å². The number of hydrogen-bond donors (Lipinski definition) is 1. The molecule has 0 spiro atoms. The fraction of sp³-hybridized carbons (Fsp3) is 0.235. The van der Waals surface area contributed by atoms with Gasteiger partial charge in [-0.1, -0.05) is 11.6 Å². The normalized spacial score (nSPS) is 12.2. The fourth-order valence-electron chi connectivity index (χ4n) is 2.12. The van der Waals surface area contributed by atoms with Crippen LogP contribution in [0.3, 0.4) is 0 Å². The van der Waals surface area contributed by atoms with Crippen molar-refractivity contribution in [3.05, 3.63) is 63.7 Å². The number of carbonyl (C=O) groups excluding carboxylic acids is 1. The number of nitrogens with one attached hydrogen (secondary N) is 1. The molecule has 2 aromatic carbocycles. The summed E-state index contributed by atoms with van der Waals surface area (Å²) in [6.45, 7) is 1.52. The molecule has 8 nitrogen and oxygen atoms in total. The highest BCUT2D eigenvalue weighted by atomic mass is 35.5. The molecule has 0 heterocycles. The van der Waals surface area contributed by atoms with E-state index in [0.717, 1.165) is 24.3 Å². The van der Waals surface area contributed by atoms with Crippen molar-refractivity contribution in [3.8, 4) is 5.75 Å². The lowest BCUT2D eigenvalue weighted by Crippen LogP contribution is -2.39. The van der Waals surface area contributed by atoms with Crippen molar-refractivity contribution in [2.45, 2.75) is 17.1 Å². The average Bonchev–Trinajstić information content (AvgIpc) is 2.65. The molecule has 2 aromatic rings. The molecule has 0 radical (unpaired) electrons. The first-order chi connectivity index (χ1) is 12.7. The second-order valence-corrected chi connectivity index (χ2v) is 8.24. The zero-order chi connectivity index (χ0) is 20.0. The summed E-state index contributed by atoms with van der Waals surface area (Å²) in [4.78, 5) is 22.0. The van der Waals surface area contributed by atoms with E-state index in [9.17, 15) is 23.3 Å². The van der Waals surface area contributed by atoms with E-state index < -0.39 is 25.9 Å². The van der Waals surface area contributed by atoms with Crippen molar-refractivity contribution in [1.29, 1.82) is 0 Å². The lowest BCUT2D eigenvalue weighted by Gasteiger charge is -2.14. The first-order valence-electron chi connectivity index (χ1n) is 7.86. The van der Waals surface area contributed by atoms with Crippen LogP contribution in [0, 0.1) is 10.1 Å². The van der Waals surface area contributed by atoms with Crippen molar-refractivity contribution in [2.75, 3.05) is 13.2 Å². The van der Waals surface area contributed by atoms with Crippen LogP contribution in [-0.4, -0.2) is 37.6 Å². The topological polar surface area (TPSA) is 116 Å². The van der Waals surface area contributed by atoms with Crippen LogP contribution in [0.4, 0.5) is 5.69 Å². The molecule has 0 aromatic heterocycles. The zero-order valence-electron chi connectivity index (χ0n) is 14.3. The van der Waals surface area contributed by atoms with Crippen molar-refractivity contribution in [3.63, 3.8) is 0 Å². The number of rotatable bonds is 8. The van der Waals surface area contributed by atoms with Gasteiger partial charge in [-0.2, -0.15) is 0 Å². The summed E-state index contributed by atoms with van der Waals surface area (Å²) in [5.74, 6) is -0.117. The largest absolute Gasteiger partial charge is 0.492 e. The Morgan fingerprint density at radius 1 is 1.19 bits per heavy atom. The lowest BCUT2D eigenvalue weighted by molar-refractivity contribution is -0.384. The van der Waals surface area contributed by atoms with Crippen LogP contribution in [0.25, 0.3) is 0 Å². The van der Waals surface area contributed by atoms with E-state index in [1.165, 1.54) is 6.92 Å². The highest BCUT2D eigenvalue weighted by molar-refractivity contribution is 7.92. The van der Waals surface area contributed by atoms with Crippen molar-refractivity contribution in [1.82, 2.24) is 5.32 Å². The van der Waals surface area contributed by atoms with Crippen LogP contribution >= 0.6 is 11.6 Å². The van der Waals surface area contributed by atoms with E-state index in [1.807, 2.05) is 0 Å². The number of carbonyl (C=O) groups is 1. The molecule has 0 aliphatic carbocycles. The summed E-state index contributed by atoms with van der Waals surface area (Å²) in [5.41, 5.74) is -0.231. The molecule has 0 fully saturated rings. The molecule has 0 saturated heterocycles. The highest BCUT2D eigenvalue weighted by Crippen LogP contribution is 2.20. The number of ether oxygens (including phenoxy) is 1. The van der Waals surface area contributed by atoms with Crippen molar-refractivity contribution < 1.29 is 22.9 Å². The number of sulfone groups is 1. The number of hydrogen-bond acceptors (Lipinski definition) is 6. The summed E-state index contributed by atoms with van der Waals surface area (Å²) in [6, 6.07) is 11.1. The third-order valence-electron chi connectivity index (χ3n) is 3.69. The van der Waals surface area contributed by atoms with Crippen LogP contribution < -0.4 is 10.1 Å². The molecule has 27 heavy (non-hydrogen) atoms. The van der Waals surface area contributed by atoms with Gasteiger partial charge in [0.15, 0.2) is 9.84 Å². The maximum absolute atomic E-state index is 12.5. The van der Waals surface area contributed by atoms with Crippen LogP contribution in [0.2, 0.25) is 5.02 Å². The maximum atomic E-state index is 12.5. The summed E-state index contributed by atoms with van der Waals surface area (Å²) < 4.78 is 30.3. The Kier molecular flexibility index (Phi) is 6.75. The van der Waals surface area contributed by atoms with E-state index in [4.69, 9.17) is 16.3 Å². The minimum Gasteiger partial charge on any atom is -0.492 e. The van der Waals surface area contributed by atoms with Crippen molar-refractivity contribution >= 4 is 33.0 Å². The molecule has 144 valence electrons. The van der Waals surface area contributed by atoms with Gasteiger partial charge in [0.05, 0.1) is 16.4 Å². The molecule has 0 saturated carbocycles. The monoisotopic (exact) mass is 412 g/mol. The van der Waals surface area contributed by atoms with E-state index >= 15 is 0 Å². The lowest BCUT2D eigenvalue weighted by atomic mass is 10.3. The van der Waals surface area contributed by atoms with Gasteiger partial charge in [0, 0.05) is 17.2 Å². The van der Waals surface area contributed by atoms with E-state index in [-0.39, 0.29) is 23.7 Å². The quantitative estimate of drug-likeness (QED) is 0.404. The first kappa shape index (κ1) is 20.7. The molecule has 1 N–H and O–H groups in total. The van der Waals surface area contributed by atoms with Gasteiger partial charge in [-0.25, -0.2) is 8.42 Å². The first-order valence-corrected chi connectivity index (χ1v) is 9.78. The molecule has 0 aliphatic heterocycles. The van der Waals surface area contributed by atoms with Gasteiger partial charge >= 0.3 is 0 Å². The van der Waals surface area contributed by atoms with Crippen molar-refractivity contribution in [2.24, 2.45) is 0 Å². The number of nitrogens with zero attached hydrogens (tertiary/aromatic N) is 1. The second-order valence-electron chi connectivity index (χ2n) is 5.53. The van der Waals surface area contributed by atoms with Gasteiger partial charge in [-0.05, 0) is 43.3 Å². The second kappa shape index (κ2) is 8.83. The zero-order valence-corrected chi connectivity index (χ0v) is 15.9. The Morgan fingerprint density at radius 2 is 1.78 bits per heavy atom. The Balaban J connectivity index is 1.90. The van der Waals surface area contributed by atoms with Gasteiger partial charge in [0.2, 0.25) is 5.91 Å². The van der Waals surface area contributed by atoms with Gasteiger partial charge in [0.25, 0.3) is 5.69 Å². The Bertz CT molecular complexity index is 913. The number of amides is 1. The van der Waals surface area contributed by atoms with Gasteiger partial charge < -0.3 is 10.1 Å². The fourth-order valence-corrected chi connectivity index (χ4v) is 3.54. The molecule has 0 bridgehead atoms. The van der Waals surface area contributed by atoms with Crippen LogP contribution in [0.1, 0.15) is 6.92 Å². The SMILES string of the molecule is C[C@@H](C(=O)NCCOc1ccc(Cl)cc1)S(=O)(=O)c1ccc([N+](=O)[O-])cc1. The molecule has 10 heteroatoms. The standard InChI is InChI=1S/C17H17ClN2O6S/c1-12(27(24,25)16-8-4-14(5-9-16)20(22)23)17(21)19-10-11-26-15-6-2-13(18)3-7-15/h2-9,12H,10-11H2,1H3,(H,19,21)/t12-/m0/s1. The summed E-state index contributed by atoms with van der Waals surface area (Å²) in [7, 11) is -3.96. The molecule has 1 amide bonds. The van der Waals surface area contributed by atoms with Crippen LogP contribution in [-0.2, 0) is 14.6 Å². The summed E-state index contributed by atoms with van der Waals surface area (Å²) >= 11 is 5.76. The smallest absolute Gasteiger partial charge is 0.269 e. The Labute approximate surface area is 161 Å². The minimum atomic E-state index is -3.96. The number of non-ortho nitro benzene ring substituents is 1. The van der Waals surface area contributed by atoms with Gasteiger partial charge in [0.1, 0.15) is 17.6 Å². The Hall–Kier alpha value is -2.65. The molecule has 2 rings (SSSR count). The Morgan fingerprint density at radius 3 is 2.33 bits per heavy atom. The van der Waals surface area contributed by atoms with Crippen LogP contribution in [0.5, 0.6) is 5.75 Å². The van der Waals surface area contributed by atoms with E-state index in [1.54, 1.807) is 24.3 Å². The molecular weight excluding hydrogens is 396 g/mol. The predicted molar refractivity (Wildman–Crippen MR) is 99.7 cm³/mol. The summed E-state index contributed by atoms with van der Waals surface area (Å²) in [6.07, 6.45) is 0. The molecular formula is C17H17ClN2O6S. The minimum absolute atomic E-state index is 0.113. The predicted octanol–water partition coefficient (Wildman–Crippen LogP) is 2.61. The maximum Gasteiger partial charge on any atom is 0.269 e. The van der Waals surface area contributed by atoms with E-state index in [0.29, 0.717) is 10.8 Å². The average molecular weight is 413 g/mol. The molecule has 0 unspecified atom stereocenters. The number of benzene rings is 2. The highest BCUT2D eigenvalue weighted by Gasteiger charge is 2.29. The third kappa shape index (κ3) is 5.41. The molecule has 1 atom stereocenters. The third-order valence-corrected chi connectivity index (χ3v) is 6.02.